The molecule has 1 heterocycles. The Hall–Kier alpha value is -1.71. The van der Waals surface area contributed by atoms with Crippen molar-refractivity contribution in [1.29, 1.82) is 0 Å². The summed E-state index contributed by atoms with van der Waals surface area (Å²) in [5.74, 6) is 0.845. The van der Waals surface area contributed by atoms with Crippen molar-refractivity contribution in [3.63, 3.8) is 0 Å². The van der Waals surface area contributed by atoms with Crippen LogP contribution in [0.1, 0.15) is 31.2 Å². The third-order valence-corrected chi connectivity index (χ3v) is 2.98. The lowest BCUT2D eigenvalue weighted by atomic mass is 10.0. The summed E-state index contributed by atoms with van der Waals surface area (Å²) in [6, 6.07) is 5.80. The van der Waals surface area contributed by atoms with E-state index in [1.165, 1.54) is 5.56 Å². The summed E-state index contributed by atoms with van der Waals surface area (Å²) in [5, 5.41) is 3.04. The minimum atomic E-state index is -0.262. The number of fused-ring (bicyclic) bond motifs is 1. The van der Waals surface area contributed by atoms with Gasteiger partial charge < -0.3 is 4.98 Å². The van der Waals surface area contributed by atoms with Crippen LogP contribution in [0.25, 0.3) is 11.0 Å². The summed E-state index contributed by atoms with van der Waals surface area (Å²) in [6.07, 6.45) is 0. The number of nitrogens with zero attached hydrogens (tertiary/aromatic N) is 2. The Balaban J connectivity index is 2.43. The summed E-state index contributed by atoms with van der Waals surface area (Å²) in [5.41, 5.74) is 3.14. The highest BCUT2D eigenvalue weighted by molar-refractivity contribution is 5.75. The minimum Gasteiger partial charge on any atom is -0.342 e. The molecule has 2 rings (SSSR count). The zero-order valence-corrected chi connectivity index (χ0v) is 9.69. The number of H-pyrrole nitrogens is 1. The number of benzene rings is 1. The normalized spacial score (nSPS) is 14.9. The van der Waals surface area contributed by atoms with Gasteiger partial charge in [0.2, 0.25) is 0 Å². The fourth-order valence-corrected chi connectivity index (χ4v) is 1.68. The minimum absolute atomic E-state index is 0.0187. The molecular weight excluding hydrogens is 202 g/mol. The Morgan fingerprint density at radius 2 is 2.12 bits per heavy atom. The smallest absolute Gasteiger partial charge is 0.112 e. The van der Waals surface area contributed by atoms with Gasteiger partial charge in [-0.25, -0.2) is 4.98 Å². The van der Waals surface area contributed by atoms with Crippen LogP contribution in [0.3, 0.4) is 0 Å². The quantitative estimate of drug-likeness (QED) is 0.803. The van der Waals surface area contributed by atoms with Gasteiger partial charge in [0.15, 0.2) is 0 Å². The zero-order chi connectivity index (χ0) is 11.7. The summed E-state index contributed by atoms with van der Waals surface area (Å²) >= 11 is 0. The number of hydrogen-bond acceptors (Lipinski definition) is 3. The first-order valence-corrected chi connectivity index (χ1v) is 5.40. The number of aromatic nitrogens is 2. The Morgan fingerprint density at radius 3 is 2.81 bits per heavy atom. The Bertz CT molecular complexity index is 518. The van der Waals surface area contributed by atoms with Gasteiger partial charge in [-0.15, -0.1) is 0 Å². The fourth-order valence-electron chi connectivity index (χ4n) is 1.68. The largest absolute Gasteiger partial charge is 0.342 e. The Kier molecular flexibility index (Phi) is 2.73. The highest BCUT2D eigenvalue weighted by Crippen LogP contribution is 2.22. The third-order valence-electron chi connectivity index (χ3n) is 2.98. The molecule has 0 bridgehead atoms. The highest BCUT2D eigenvalue weighted by atomic mass is 16.3. The predicted molar refractivity (Wildman–Crippen MR) is 64.5 cm³/mol. The van der Waals surface area contributed by atoms with Crippen LogP contribution in [0.2, 0.25) is 0 Å². The van der Waals surface area contributed by atoms with Crippen LogP contribution in [-0.2, 0) is 0 Å². The second-order valence-electron chi connectivity index (χ2n) is 4.28. The molecule has 0 aliphatic rings. The SMILES string of the molecule is Cc1ccc2nc(C(C)[C@@H](C)N=O)[nH]c2c1. The summed E-state index contributed by atoms with van der Waals surface area (Å²) in [6.45, 7) is 5.80. The molecule has 4 nitrogen and oxygen atoms in total. The molecule has 1 N–H and O–H groups in total. The van der Waals surface area contributed by atoms with Crippen molar-refractivity contribution in [3.05, 3.63) is 34.5 Å². The molecule has 16 heavy (non-hydrogen) atoms. The van der Waals surface area contributed by atoms with Crippen LogP contribution in [0.15, 0.2) is 23.4 Å². The molecule has 0 radical (unpaired) electrons. The topological polar surface area (TPSA) is 58.1 Å². The lowest BCUT2D eigenvalue weighted by Crippen LogP contribution is -2.10. The third kappa shape index (κ3) is 1.83. The van der Waals surface area contributed by atoms with Gasteiger partial charge in [0.1, 0.15) is 5.82 Å². The van der Waals surface area contributed by atoms with Gasteiger partial charge >= 0.3 is 0 Å². The number of hydrogen-bond donors (Lipinski definition) is 1. The lowest BCUT2D eigenvalue weighted by Gasteiger charge is -2.09. The van der Waals surface area contributed by atoms with Crippen molar-refractivity contribution in [3.8, 4) is 0 Å². The van der Waals surface area contributed by atoms with Crippen molar-refractivity contribution in [1.82, 2.24) is 9.97 Å². The van der Waals surface area contributed by atoms with E-state index < -0.39 is 0 Å². The molecule has 0 saturated carbocycles. The van der Waals surface area contributed by atoms with Crippen molar-refractivity contribution < 1.29 is 0 Å². The number of nitrogens with one attached hydrogen (secondary N) is 1. The van der Waals surface area contributed by atoms with E-state index in [1.54, 1.807) is 6.92 Å². The molecule has 0 saturated heterocycles. The molecule has 0 amide bonds. The summed E-state index contributed by atoms with van der Waals surface area (Å²) in [4.78, 5) is 18.2. The van der Waals surface area contributed by atoms with E-state index in [0.717, 1.165) is 16.9 Å². The lowest BCUT2D eigenvalue weighted by molar-refractivity contribution is 0.587. The Morgan fingerprint density at radius 1 is 1.38 bits per heavy atom. The van der Waals surface area contributed by atoms with Crippen molar-refractivity contribution in [2.24, 2.45) is 5.18 Å². The predicted octanol–water partition coefficient (Wildman–Crippen LogP) is 3.13. The van der Waals surface area contributed by atoms with Crippen molar-refractivity contribution >= 4 is 11.0 Å². The Labute approximate surface area is 94.1 Å². The number of aryl methyl sites for hydroxylation is 1. The van der Waals surface area contributed by atoms with Gasteiger partial charge in [0, 0.05) is 5.92 Å². The second-order valence-corrected chi connectivity index (χ2v) is 4.28. The van der Waals surface area contributed by atoms with E-state index in [1.807, 2.05) is 26.0 Å². The van der Waals surface area contributed by atoms with E-state index in [2.05, 4.69) is 21.2 Å². The fraction of sp³-hybridized carbons (Fsp3) is 0.417. The molecule has 0 fully saturated rings. The monoisotopic (exact) mass is 217 g/mol. The molecule has 0 aliphatic carbocycles. The zero-order valence-electron chi connectivity index (χ0n) is 9.69. The number of rotatable bonds is 3. The van der Waals surface area contributed by atoms with Crippen LogP contribution in [0.4, 0.5) is 0 Å². The average Bonchev–Trinajstić information content (AvgIpc) is 2.69. The van der Waals surface area contributed by atoms with Gasteiger partial charge in [0.05, 0.1) is 17.1 Å². The molecule has 1 aromatic heterocycles. The van der Waals surface area contributed by atoms with Gasteiger partial charge in [-0.3, -0.25) is 0 Å². The van der Waals surface area contributed by atoms with E-state index in [0.29, 0.717) is 0 Å². The van der Waals surface area contributed by atoms with Gasteiger partial charge in [0.25, 0.3) is 0 Å². The standard InChI is InChI=1S/C12H15N3O/c1-7-4-5-10-11(6-7)14-12(13-10)8(2)9(3)15-16/h4-6,8-9H,1-3H3,(H,13,14)/t8?,9-/m1/s1. The van der Waals surface area contributed by atoms with Crippen molar-refractivity contribution in [2.45, 2.75) is 32.7 Å². The molecule has 2 atom stereocenters. The first-order valence-electron chi connectivity index (χ1n) is 5.40. The molecular formula is C12H15N3O. The maximum Gasteiger partial charge on any atom is 0.112 e. The maximum atomic E-state index is 10.5. The maximum absolute atomic E-state index is 10.5. The van der Waals surface area contributed by atoms with Crippen LogP contribution >= 0.6 is 0 Å². The van der Waals surface area contributed by atoms with E-state index >= 15 is 0 Å². The number of nitroso groups, excluding NO2 is 1. The number of imidazole rings is 1. The molecule has 1 aromatic carbocycles. The van der Waals surface area contributed by atoms with Crippen LogP contribution in [0.5, 0.6) is 0 Å². The first kappa shape index (κ1) is 10.8. The summed E-state index contributed by atoms with van der Waals surface area (Å²) < 4.78 is 0. The van der Waals surface area contributed by atoms with Gasteiger partial charge in [-0.1, -0.05) is 18.2 Å². The average molecular weight is 217 g/mol. The van der Waals surface area contributed by atoms with Gasteiger partial charge in [-0.05, 0) is 31.5 Å². The highest BCUT2D eigenvalue weighted by Gasteiger charge is 2.18. The van der Waals surface area contributed by atoms with Crippen LogP contribution in [0, 0.1) is 11.8 Å². The van der Waals surface area contributed by atoms with Crippen LogP contribution < -0.4 is 0 Å². The molecule has 1 unspecified atom stereocenters. The van der Waals surface area contributed by atoms with E-state index in [4.69, 9.17) is 0 Å². The van der Waals surface area contributed by atoms with E-state index in [9.17, 15) is 4.91 Å². The molecule has 2 aromatic rings. The second kappa shape index (κ2) is 4.04. The van der Waals surface area contributed by atoms with Gasteiger partial charge in [-0.2, -0.15) is 4.91 Å². The molecule has 0 spiro atoms. The molecule has 84 valence electrons. The van der Waals surface area contributed by atoms with Crippen LogP contribution in [-0.4, -0.2) is 16.0 Å². The van der Waals surface area contributed by atoms with Crippen molar-refractivity contribution in [2.75, 3.05) is 0 Å². The first-order chi connectivity index (χ1) is 7.61. The number of aromatic amines is 1. The molecule has 0 aliphatic heterocycles. The van der Waals surface area contributed by atoms with E-state index in [-0.39, 0.29) is 12.0 Å². The summed E-state index contributed by atoms with van der Waals surface area (Å²) in [7, 11) is 0. The molecule has 4 heteroatoms.